The Labute approximate surface area is 168 Å². The number of rotatable bonds is 5. The third-order valence-corrected chi connectivity index (χ3v) is 5.32. The summed E-state index contributed by atoms with van der Waals surface area (Å²) in [6.45, 7) is 3.80. The number of anilines is 1. The third kappa shape index (κ3) is 3.66. The lowest BCUT2D eigenvalue weighted by atomic mass is 10.1. The number of aromatic amines is 1. The normalized spacial score (nSPS) is 17.5. The Bertz CT molecular complexity index is 1080. The van der Waals surface area contributed by atoms with E-state index in [-0.39, 0.29) is 24.7 Å². The summed E-state index contributed by atoms with van der Waals surface area (Å²) in [4.78, 5) is 42.4. The Hall–Kier alpha value is -3.41. The van der Waals surface area contributed by atoms with Crippen LogP contribution in [-0.2, 0) is 14.3 Å². The number of nitrogens with one attached hydrogen (secondary N) is 1. The van der Waals surface area contributed by atoms with Crippen LogP contribution in [0.15, 0.2) is 54.7 Å². The molecule has 1 aliphatic rings. The molecule has 0 radical (unpaired) electrons. The number of hydrogen-bond donors (Lipinski definition) is 1. The number of nitrogens with zero attached hydrogens (tertiary/aromatic N) is 1. The number of benzene rings is 2. The minimum atomic E-state index is -0.926. The van der Waals surface area contributed by atoms with Gasteiger partial charge in [-0.2, -0.15) is 0 Å². The smallest absolute Gasteiger partial charge is 0.312 e. The van der Waals surface area contributed by atoms with Gasteiger partial charge < -0.3 is 14.6 Å². The van der Waals surface area contributed by atoms with Crippen molar-refractivity contribution in [2.45, 2.75) is 26.4 Å². The van der Waals surface area contributed by atoms with Crippen molar-refractivity contribution in [1.29, 1.82) is 0 Å². The highest BCUT2D eigenvalue weighted by Gasteiger charge is 2.37. The van der Waals surface area contributed by atoms with Crippen LogP contribution in [0.2, 0.25) is 0 Å². The van der Waals surface area contributed by atoms with Gasteiger partial charge in [0.25, 0.3) is 0 Å². The molecule has 1 aromatic heterocycles. The average Bonchev–Trinajstić information content (AvgIpc) is 3.32. The molecule has 2 heterocycles. The average molecular weight is 390 g/mol. The molecule has 6 nitrogen and oxygen atoms in total. The zero-order valence-corrected chi connectivity index (χ0v) is 16.3. The first-order valence-corrected chi connectivity index (χ1v) is 9.62. The summed E-state index contributed by atoms with van der Waals surface area (Å²) in [5.41, 5.74) is 3.20. The van der Waals surface area contributed by atoms with E-state index in [1.54, 1.807) is 18.0 Å². The highest BCUT2D eigenvalue weighted by molar-refractivity contribution is 6.10. The lowest BCUT2D eigenvalue weighted by Gasteiger charge is -2.18. The standard InChI is InChI=1S/C23H22N2O4/c1-14-7-9-17(10-8-14)25-13-16(11-21(25)26)23(28)29-15(2)22(27)19-12-24-20-6-4-3-5-18(19)20/h3-10,12,15-16,24H,11,13H2,1-2H3/t15-,16-/m1/s1. The molecule has 0 aliphatic carbocycles. The van der Waals surface area contributed by atoms with Crippen LogP contribution in [0.4, 0.5) is 5.69 Å². The number of ether oxygens (including phenoxy) is 1. The fraction of sp³-hybridized carbons (Fsp3) is 0.261. The van der Waals surface area contributed by atoms with Gasteiger partial charge in [-0.15, -0.1) is 0 Å². The fourth-order valence-electron chi connectivity index (χ4n) is 3.66. The number of ketones is 1. The van der Waals surface area contributed by atoms with Gasteiger partial charge in [0.15, 0.2) is 6.10 Å². The molecule has 1 amide bonds. The van der Waals surface area contributed by atoms with Gasteiger partial charge in [-0.3, -0.25) is 14.4 Å². The van der Waals surface area contributed by atoms with Gasteiger partial charge in [0.05, 0.1) is 5.92 Å². The van der Waals surface area contributed by atoms with Gasteiger partial charge in [0.2, 0.25) is 11.7 Å². The number of amides is 1. The number of fused-ring (bicyclic) bond motifs is 1. The molecular formula is C23H22N2O4. The summed E-state index contributed by atoms with van der Waals surface area (Å²) in [5, 5.41) is 0.794. The van der Waals surface area contributed by atoms with E-state index in [4.69, 9.17) is 4.74 Å². The lowest BCUT2D eigenvalue weighted by molar-refractivity contribution is -0.151. The topological polar surface area (TPSA) is 79.5 Å². The molecule has 1 aliphatic heterocycles. The van der Waals surface area contributed by atoms with Crippen LogP contribution in [0, 0.1) is 12.8 Å². The molecule has 2 aromatic carbocycles. The quantitative estimate of drug-likeness (QED) is 0.533. The Balaban J connectivity index is 1.43. The van der Waals surface area contributed by atoms with Crippen molar-refractivity contribution in [2.24, 2.45) is 5.92 Å². The summed E-state index contributed by atoms with van der Waals surface area (Å²) in [5.74, 6) is -1.49. The predicted octanol–water partition coefficient (Wildman–Crippen LogP) is 3.64. The van der Waals surface area contributed by atoms with Gasteiger partial charge in [-0.1, -0.05) is 35.9 Å². The molecule has 1 N–H and O–H groups in total. The minimum absolute atomic E-state index is 0.0840. The monoisotopic (exact) mass is 390 g/mol. The van der Waals surface area contributed by atoms with Crippen molar-refractivity contribution in [3.63, 3.8) is 0 Å². The summed E-state index contributed by atoms with van der Waals surface area (Å²) in [6.07, 6.45) is 0.793. The molecule has 1 saturated heterocycles. The van der Waals surface area contributed by atoms with E-state index in [1.165, 1.54) is 0 Å². The molecule has 0 spiro atoms. The molecule has 3 aromatic rings. The summed E-state index contributed by atoms with van der Waals surface area (Å²) < 4.78 is 5.44. The fourth-order valence-corrected chi connectivity index (χ4v) is 3.66. The lowest BCUT2D eigenvalue weighted by Crippen LogP contribution is -2.30. The van der Waals surface area contributed by atoms with Crippen LogP contribution in [-0.4, -0.2) is 35.3 Å². The number of esters is 1. The number of Topliss-reactive ketones (excluding diaryl/α,β-unsaturated/α-hetero) is 1. The summed E-state index contributed by atoms with van der Waals surface area (Å²) >= 11 is 0. The van der Waals surface area contributed by atoms with Crippen LogP contribution in [0.5, 0.6) is 0 Å². The van der Waals surface area contributed by atoms with E-state index in [2.05, 4.69) is 4.98 Å². The van der Waals surface area contributed by atoms with Crippen LogP contribution >= 0.6 is 0 Å². The molecule has 2 atom stereocenters. The van der Waals surface area contributed by atoms with E-state index >= 15 is 0 Å². The maximum atomic E-state index is 12.8. The van der Waals surface area contributed by atoms with Gasteiger partial charge in [0, 0.05) is 41.3 Å². The zero-order valence-electron chi connectivity index (χ0n) is 16.3. The molecule has 0 unspecified atom stereocenters. The van der Waals surface area contributed by atoms with E-state index in [1.807, 2.05) is 55.5 Å². The van der Waals surface area contributed by atoms with E-state index < -0.39 is 18.0 Å². The Morgan fingerprint density at radius 3 is 2.62 bits per heavy atom. The number of aryl methyl sites for hydroxylation is 1. The highest BCUT2D eigenvalue weighted by atomic mass is 16.5. The Morgan fingerprint density at radius 2 is 1.86 bits per heavy atom. The zero-order chi connectivity index (χ0) is 20.5. The number of aromatic nitrogens is 1. The Morgan fingerprint density at radius 1 is 1.14 bits per heavy atom. The molecule has 148 valence electrons. The van der Waals surface area contributed by atoms with Crippen molar-refractivity contribution < 1.29 is 19.1 Å². The van der Waals surface area contributed by atoms with Crippen molar-refractivity contribution in [3.8, 4) is 0 Å². The number of carbonyl (C=O) groups excluding carboxylic acids is 3. The van der Waals surface area contributed by atoms with Crippen molar-refractivity contribution in [2.75, 3.05) is 11.4 Å². The number of para-hydroxylation sites is 1. The molecule has 6 heteroatoms. The van der Waals surface area contributed by atoms with Crippen molar-refractivity contribution in [1.82, 2.24) is 4.98 Å². The molecule has 0 bridgehead atoms. The maximum Gasteiger partial charge on any atom is 0.312 e. The summed E-state index contributed by atoms with van der Waals surface area (Å²) in [6, 6.07) is 15.1. The van der Waals surface area contributed by atoms with Gasteiger partial charge in [-0.05, 0) is 32.0 Å². The molecule has 4 rings (SSSR count). The largest absolute Gasteiger partial charge is 0.454 e. The number of carbonyl (C=O) groups is 3. The minimum Gasteiger partial charge on any atom is -0.454 e. The third-order valence-electron chi connectivity index (χ3n) is 5.32. The van der Waals surface area contributed by atoms with Gasteiger partial charge >= 0.3 is 5.97 Å². The van der Waals surface area contributed by atoms with Gasteiger partial charge in [-0.25, -0.2) is 0 Å². The molecular weight excluding hydrogens is 368 g/mol. The number of H-pyrrole nitrogens is 1. The van der Waals surface area contributed by atoms with E-state index in [0.29, 0.717) is 5.56 Å². The van der Waals surface area contributed by atoms with E-state index in [0.717, 1.165) is 22.2 Å². The number of hydrogen-bond acceptors (Lipinski definition) is 4. The summed E-state index contributed by atoms with van der Waals surface area (Å²) in [7, 11) is 0. The van der Waals surface area contributed by atoms with Gasteiger partial charge in [0.1, 0.15) is 0 Å². The molecule has 0 saturated carbocycles. The first kappa shape index (κ1) is 18.9. The molecule has 29 heavy (non-hydrogen) atoms. The van der Waals surface area contributed by atoms with Crippen LogP contribution in [0.25, 0.3) is 10.9 Å². The Kier molecular flexibility index (Phi) is 4.92. The second-order valence-corrected chi connectivity index (χ2v) is 7.43. The van der Waals surface area contributed by atoms with Crippen molar-refractivity contribution in [3.05, 3.63) is 65.9 Å². The molecule has 1 fully saturated rings. The van der Waals surface area contributed by atoms with Crippen molar-refractivity contribution >= 4 is 34.3 Å². The SMILES string of the molecule is Cc1ccc(N2C[C@H](C(=O)O[C@H](C)C(=O)c3c[nH]c4ccccc34)CC2=O)cc1. The first-order valence-electron chi connectivity index (χ1n) is 9.62. The highest BCUT2D eigenvalue weighted by Crippen LogP contribution is 2.27. The second kappa shape index (κ2) is 7.54. The van der Waals surface area contributed by atoms with E-state index in [9.17, 15) is 14.4 Å². The maximum absolute atomic E-state index is 12.8. The van der Waals surface area contributed by atoms with Crippen LogP contribution in [0.1, 0.15) is 29.3 Å². The van der Waals surface area contributed by atoms with Crippen LogP contribution in [0.3, 0.4) is 0 Å². The predicted molar refractivity (Wildman–Crippen MR) is 110 cm³/mol. The first-order chi connectivity index (χ1) is 13.9. The second-order valence-electron chi connectivity index (χ2n) is 7.43. The van der Waals surface area contributed by atoms with Crippen LogP contribution < -0.4 is 4.90 Å².